The zero-order valence-electron chi connectivity index (χ0n) is 6.89. The lowest BCUT2D eigenvalue weighted by Gasteiger charge is -2.05. The molecule has 0 aromatic rings. The fraction of sp³-hybridized carbons (Fsp3) is 0.667. The van der Waals surface area contributed by atoms with Crippen molar-refractivity contribution < 1.29 is 4.79 Å². The Morgan fingerprint density at radius 3 is 2.70 bits per heavy atom. The van der Waals surface area contributed by atoms with E-state index in [1.54, 1.807) is 0 Å². The topological polar surface area (TPSA) is 17.1 Å². The van der Waals surface area contributed by atoms with Gasteiger partial charge >= 0.3 is 0 Å². The zero-order chi connectivity index (χ0) is 7.98. The van der Waals surface area contributed by atoms with Crippen LogP contribution in [0.5, 0.6) is 0 Å². The van der Waals surface area contributed by atoms with Crippen molar-refractivity contribution in [1.29, 1.82) is 0 Å². The van der Waals surface area contributed by atoms with E-state index < -0.39 is 0 Å². The molecule has 0 saturated heterocycles. The van der Waals surface area contributed by atoms with Gasteiger partial charge in [0.25, 0.3) is 0 Å². The SMILES string of the molecule is C=C(C=O)CC[C@H](C)CC. The minimum Gasteiger partial charge on any atom is -0.298 e. The van der Waals surface area contributed by atoms with Crippen molar-refractivity contribution in [3.8, 4) is 0 Å². The van der Waals surface area contributed by atoms with Crippen molar-refractivity contribution in [3.05, 3.63) is 12.2 Å². The average Bonchev–Trinajstić information content (AvgIpc) is 1.99. The molecule has 0 aliphatic rings. The summed E-state index contributed by atoms with van der Waals surface area (Å²) in [7, 11) is 0. The van der Waals surface area contributed by atoms with Crippen molar-refractivity contribution >= 4 is 6.29 Å². The first-order valence-corrected chi connectivity index (χ1v) is 3.83. The summed E-state index contributed by atoms with van der Waals surface area (Å²) < 4.78 is 0. The summed E-state index contributed by atoms with van der Waals surface area (Å²) >= 11 is 0. The molecule has 0 aromatic heterocycles. The number of allylic oxidation sites excluding steroid dienone is 1. The van der Waals surface area contributed by atoms with E-state index in [2.05, 4.69) is 20.4 Å². The Balaban J connectivity index is 3.34. The molecular weight excluding hydrogens is 124 g/mol. The standard InChI is InChI=1S/C9H16O/c1-4-8(2)5-6-9(3)7-10/h7-8H,3-6H2,1-2H3/t8-/m1/s1. The third-order valence-corrected chi connectivity index (χ3v) is 1.82. The van der Waals surface area contributed by atoms with Gasteiger partial charge < -0.3 is 0 Å². The van der Waals surface area contributed by atoms with Gasteiger partial charge in [-0.1, -0.05) is 26.8 Å². The summed E-state index contributed by atoms with van der Waals surface area (Å²) in [6.07, 6.45) is 3.99. The number of carbonyl (C=O) groups excluding carboxylic acids is 1. The van der Waals surface area contributed by atoms with Crippen LogP contribution in [0.4, 0.5) is 0 Å². The van der Waals surface area contributed by atoms with Crippen LogP contribution in [0.15, 0.2) is 12.2 Å². The van der Waals surface area contributed by atoms with E-state index in [4.69, 9.17) is 0 Å². The maximum Gasteiger partial charge on any atom is 0.145 e. The molecule has 1 atom stereocenters. The van der Waals surface area contributed by atoms with Crippen LogP contribution in [0.1, 0.15) is 33.1 Å². The summed E-state index contributed by atoms with van der Waals surface area (Å²) in [6, 6.07) is 0. The largest absolute Gasteiger partial charge is 0.298 e. The molecule has 0 aromatic carbocycles. The van der Waals surface area contributed by atoms with Crippen molar-refractivity contribution in [2.75, 3.05) is 0 Å². The van der Waals surface area contributed by atoms with Gasteiger partial charge in [0.1, 0.15) is 6.29 Å². The number of hydrogen-bond donors (Lipinski definition) is 0. The van der Waals surface area contributed by atoms with E-state index in [1.807, 2.05) is 0 Å². The highest BCUT2D eigenvalue weighted by molar-refractivity contribution is 5.71. The molecule has 0 aliphatic heterocycles. The normalized spacial score (nSPS) is 12.6. The van der Waals surface area contributed by atoms with Gasteiger partial charge in [-0.05, 0) is 24.3 Å². The number of hydrogen-bond acceptors (Lipinski definition) is 1. The lowest BCUT2D eigenvalue weighted by molar-refractivity contribution is -0.105. The number of rotatable bonds is 5. The summed E-state index contributed by atoms with van der Waals surface area (Å²) in [5.41, 5.74) is 0.723. The minimum atomic E-state index is 0.719. The van der Waals surface area contributed by atoms with Crippen LogP contribution in [0.25, 0.3) is 0 Å². The maximum atomic E-state index is 10.1. The predicted octanol–water partition coefficient (Wildman–Crippen LogP) is 2.57. The molecule has 1 nitrogen and oxygen atoms in total. The van der Waals surface area contributed by atoms with E-state index >= 15 is 0 Å². The molecule has 0 unspecified atom stereocenters. The van der Waals surface area contributed by atoms with Gasteiger partial charge in [0.15, 0.2) is 0 Å². The minimum absolute atomic E-state index is 0.719. The second-order valence-corrected chi connectivity index (χ2v) is 2.83. The van der Waals surface area contributed by atoms with Gasteiger partial charge in [-0.25, -0.2) is 0 Å². The van der Waals surface area contributed by atoms with Crippen LogP contribution in [0, 0.1) is 5.92 Å². The second kappa shape index (κ2) is 5.21. The molecule has 0 spiro atoms. The lowest BCUT2D eigenvalue weighted by atomic mass is 10.0. The highest BCUT2D eigenvalue weighted by Gasteiger charge is 1.98. The Kier molecular flexibility index (Phi) is 4.91. The molecule has 0 bridgehead atoms. The quantitative estimate of drug-likeness (QED) is 0.423. The summed E-state index contributed by atoms with van der Waals surface area (Å²) in [4.78, 5) is 10.1. The average molecular weight is 140 g/mol. The third-order valence-electron chi connectivity index (χ3n) is 1.82. The first-order valence-electron chi connectivity index (χ1n) is 3.83. The van der Waals surface area contributed by atoms with Gasteiger partial charge in [-0.2, -0.15) is 0 Å². The van der Waals surface area contributed by atoms with E-state index in [9.17, 15) is 4.79 Å². The Morgan fingerprint density at radius 1 is 1.70 bits per heavy atom. The van der Waals surface area contributed by atoms with Crippen LogP contribution in [0.2, 0.25) is 0 Å². The molecule has 0 saturated carbocycles. The molecule has 0 amide bonds. The van der Waals surface area contributed by atoms with Gasteiger partial charge in [-0.15, -0.1) is 0 Å². The molecule has 0 heterocycles. The molecular formula is C9H16O. The smallest absolute Gasteiger partial charge is 0.145 e. The van der Waals surface area contributed by atoms with Crippen LogP contribution in [0.3, 0.4) is 0 Å². The Hall–Kier alpha value is -0.590. The Morgan fingerprint density at radius 2 is 2.30 bits per heavy atom. The predicted molar refractivity (Wildman–Crippen MR) is 43.9 cm³/mol. The summed E-state index contributed by atoms with van der Waals surface area (Å²) in [6.45, 7) is 7.96. The van der Waals surface area contributed by atoms with Crippen molar-refractivity contribution in [3.63, 3.8) is 0 Å². The molecule has 0 aliphatic carbocycles. The van der Waals surface area contributed by atoms with Crippen LogP contribution in [-0.4, -0.2) is 6.29 Å². The Bertz CT molecular complexity index is 116. The first kappa shape index (κ1) is 9.41. The van der Waals surface area contributed by atoms with Crippen LogP contribution >= 0.6 is 0 Å². The molecule has 0 fully saturated rings. The van der Waals surface area contributed by atoms with E-state index in [-0.39, 0.29) is 0 Å². The van der Waals surface area contributed by atoms with Crippen LogP contribution in [-0.2, 0) is 4.79 Å². The fourth-order valence-corrected chi connectivity index (χ4v) is 0.695. The van der Waals surface area contributed by atoms with Crippen molar-refractivity contribution in [1.82, 2.24) is 0 Å². The lowest BCUT2D eigenvalue weighted by Crippen LogP contribution is -1.93. The third kappa shape index (κ3) is 4.30. The highest BCUT2D eigenvalue weighted by atomic mass is 16.1. The van der Waals surface area contributed by atoms with Gasteiger partial charge in [0.05, 0.1) is 0 Å². The summed E-state index contributed by atoms with van der Waals surface area (Å²) in [5.74, 6) is 0.719. The zero-order valence-corrected chi connectivity index (χ0v) is 6.89. The maximum absolute atomic E-state index is 10.1. The Labute approximate surface area is 63.1 Å². The van der Waals surface area contributed by atoms with Crippen molar-refractivity contribution in [2.45, 2.75) is 33.1 Å². The molecule has 1 heteroatoms. The fourth-order valence-electron chi connectivity index (χ4n) is 0.695. The highest BCUT2D eigenvalue weighted by Crippen LogP contribution is 2.11. The molecule has 0 rings (SSSR count). The molecule has 0 radical (unpaired) electrons. The first-order chi connectivity index (χ1) is 4.70. The van der Waals surface area contributed by atoms with E-state index in [1.165, 1.54) is 6.42 Å². The van der Waals surface area contributed by atoms with E-state index in [0.717, 1.165) is 30.6 Å². The van der Waals surface area contributed by atoms with Gasteiger partial charge in [0.2, 0.25) is 0 Å². The molecule has 0 N–H and O–H groups in total. The monoisotopic (exact) mass is 140 g/mol. The number of aldehydes is 1. The van der Waals surface area contributed by atoms with Crippen molar-refractivity contribution in [2.24, 2.45) is 5.92 Å². The second-order valence-electron chi connectivity index (χ2n) is 2.83. The molecule has 10 heavy (non-hydrogen) atoms. The van der Waals surface area contributed by atoms with Crippen LogP contribution < -0.4 is 0 Å². The number of carbonyl (C=O) groups is 1. The summed E-state index contributed by atoms with van der Waals surface area (Å²) in [5, 5.41) is 0. The van der Waals surface area contributed by atoms with Gasteiger partial charge in [-0.3, -0.25) is 4.79 Å². The molecule has 58 valence electrons. The van der Waals surface area contributed by atoms with Gasteiger partial charge in [0, 0.05) is 0 Å². The van der Waals surface area contributed by atoms with E-state index in [0.29, 0.717) is 0 Å².